The van der Waals surface area contributed by atoms with Gasteiger partial charge in [0.25, 0.3) is 0 Å². The largest absolute Gasteiger partial charge is 0.464 e. The summed E-state index contributed by atoms with van der Waals surface area (Å²) in [5.74, 6) is -0.461. The summed E-state index contributed by atoms with van der Waals surface area (Å²) in [6.45, 7) is 0. The van der Waals surface area contributed by atoms with E-state index in [0.717, 1.165) is 10.8 Å². The molecule has 0 unspecified atom stereocenters. The highest BCUT2D eigenvalue weighted by molar-refractivity contribution is 6.35. The molecule has 15 heavy (non-hydrogen) atoms. The van der Waals surface area contributed by atoms with Crippen molar-refractivity contribution in [3.8, 4) is 0 Å². The maximum Gasteiger partial charge on any atom is 0.356 e. The Morgan fingerprint density at radius 2 is 2.27 bits per heavy atom. The zero-order chi connectivity index (χ0) is 10.8. The molecule has 0 saturated heterocycles. The minimum absolute atomic E-state index is 0.262. The van der Waals surface area contributed by atoms with Crippen LogP contribution < -0.4 is 0 Å². The van der Waals surface area contributed by atoms with Gasteiger partial charge in [-0.25, -0.2) is 9.78 Å². The second kappa shape index (κ2) is 3.87. The Labute approximate surface area is 91.6 Å². The van der Waals surface area contributed by atoms with Crippen molar-refractivity contribution in [2.75, 3.05) is 7.11 Å². The second-order valence-corrected chi connectivity index (χ2v) is 3.43. The van der Waals surface area contributed by atoms with Gasteiger partial charge in [-0.1, -0.05) is 23.7 Å². The van der Waals surface area contributed by atoms with Gasteiger partial charge < -0.3 is 4.74 Å². The summed E-state index contributed by atoms with van der Waals surface area (Å²) in [6, 6.07) is 7.12. The van der Waals surface area contributed by atoms with E-state index in [1.54, 1.807) is 18.3 Å². The topological polar surface area (TPSA) is 39.2 Å². The fourth-order valence-corrected chi connectivity index (χ4v) is 1.58. The van der Waals surface area contributed by atoms with Gasteiger partial charge >= 0.3 is 5.97 Å². The monoisotopic (exact) mass is 221 g/mol. The standard InChI is InChI=1S/C11H8ClNO2/c1-15-11(14)10-5-8-7(6-13-10)3-2-4-9(8)12/h2-6H,1H3. The van der Waals surface area contributed by atoms with Gasteiger partial charge in [-0.3, -0.25) is 0 Å². The van der Waals surface area contributed by atoms with Gasteiger partial charge in [-0.2, -0.15) is 0 Å². The van der Waals surface area contributed by atoms with Gasteiger partial charge in [0.1, 0.15) is 5.69 Å². The highest BCUT2D eigenvalue weighted by atomic mass is 35.5. The first-order chi connectivity index (χ1) is 7.22. The Morgan fingerprint density at radius 3 is 3.00 bits per heavy atom. The Morgan fingerprint density at radius 1 is 1.47 bits per heavy atom. The zero-order valence-corrected chi connectivity index (χ0v) is 8.78. The summed E-state index contributed by atoms with van der Waals surface area (Å²) >= 11 is 6.00. The molecular weight excluding hydrogens is 214 g/mol. The molecule has 0 spiro atoms. The van der Waals surface area contributed by atoms with Crippen LogP contribution >= 0.6 is 11.6 Å². The molecule has 4 heteroatoms. The van der Waals surface area contributed by atoms with Gasteiger partial charge in [0.05, 0.1) is 7.11 Å². The van der Waals surface area contributed by atoms with E-state index in [0.29, 0.717) is 5.02 Å². The number of rotatable bonds is 1. The number of hydrogen-bond donors (Lipinski definition) is 0. The minimum atomic E-state index is -0.461. The van der Waals surface area contributed by atoms with Gasteiger partial charge in [0.2, 0.25) is 0 Å². The summed E-state index contributed by atoms with van der Waals surface area (Å²) in [4.78, 5) is 15.2. The van der Waals surface area contributed by atoms with Crippen molar-refractivity contribution >= 4 is 28.3 Å². The number of ether oxygens (including phenoxy) is 1. The molecule has 2 aromatic rings. The van der Waals surface area contributed by atoms with Crippen LogP contribution in [-0.4, -0.2) is 18.1 Å². The molecule has 0 bridgehead atoms. The Balaban J connectivity index is 2.64. The lowest BCUT2D eigenvalue weighted by Gasteiger charge is -2.02. The number of pyridine rings is 1. The third-order valence-electron chi connectivity index (χ3n) is 2.10. The number of hydrogen-bond acceptors (Lipinski definition) is 3. The SMILES string of the molecule is COC(=O)c1cc2c(Cl)cccc2cn1. The van der Waals surface area contributed by atoms with Crippen LogP contribution in [0.15, 0.2) is 30.5 Å². The third kappa shape index (κ3) is 1.78. The lowest BCUT2D eigenvalue weighted by molar-refractivity contribution is 0.0594. The molecule has 0 N–H and O–H groups in total. The predicted molar refractivity (Wildman–Crippen MR) is 58.1 cm³/mol. The van der Waals surface area contributed by atoms with Crippen molar-refractivity contribution in [2.24, 2.45) is 0 Å². The molecule has 76 valence electrons. The van der Waals surface area contributed by atoms with Gasteiger partial charge in [0, 0.05) is 22.0 Å². The van der Waals surface area contributed by atoms with Crippen molar-refractivity contribution in [3.63, 3.8) is 0 Å². The Bertz CT molecular complexity index is 525. The van der Waals surface area contributed by atoms with Gasteiger partial charge in [-0.05, 0) is 12.1 Å². The minimum Gasteiger partial charge on any atom is -0.464 e. The van der Waals surface area contributed by atoms with E-state index in [-0.39, 0.29) is 5.69 Å². The lowest BCUT2D eigenvalue weighted by Crippen LogP contribution is -2.03. The molecule has 0 atom stereocenters. The van der Waals surface area contributed by atoms with Crippen molar-refractivity contribution < 1.29 is 9.53 Å². The van der Waals surface area contributed by atoms with Crippen LogP contribution in [0.4, 0.5) is 0 Å². The summed E-state index contributed by atoms with van der Waals surface area (Å²) in [7, 11) is 1.32. The maximum atomic E-state index is 11.2. The maximum absolute atomic E-state index is 11.2. The van der Waals surface area contributed by atoms with Crippen molar-refractivity contribution in [3.05, 3.63) is 41.2 Å². The average Bonchev–Trinajstić information content (AvgIpc) is 2.28. The normalized spacial score (nSPS) is 10.3. The molecule has 0 aliphatic heterocycles. The first-order valence-electron chi connectivity index (χ1n) is 4.35. The van der Waals surface area contributed by atoms with Crippen LogP contribution in [0, 0.1) is 0 Å². The molecule has 1 heterocycles. The number of benzene rings is 1. The zero-order valence-electron chi connectivity index (χ0n) is 8.03. The van der Waals surface area contributed by atoms with E-state index in [1.165, 1.54) is 7.11 Å². The predicted octanol–water partition coefficient (Wildman–Crippen LogP) is 2.67. The molecule has 0 saturated carbocycles. The number of nitrogens with zero attached hydrogens (tertiary/aromatic N) is 1. The average molecular weight is 222 g/mol. The van der Waals surface area contributed by atoms with Crippen LogP contribution in [0.2, 0.25) is 5.02 Å². The summed E-state index contributed by atoms with van der Waals surface area (Å²) in [5.41, 5.74) is 0.262. The number of aromatic nitrogens is 1. The molecule has 1 aromatic heterocycles. The molecular formula is C11H8ClNO2. The number of halogens is 1. The number of carbonyl (C=O) groups is 1. The molecule has 0 radical (unpaired) electrons. The second-order valence-electron chi connectivity index (χ2n) is 3.02. The first kappa shape index (κ1) is 9.93. The van der Waals surface area contributed by atoms with Crippen LogP contribution in [0.1, 0.15) is 10.5 Å². The number of carbonyl (C=O) groups excluding carboxylic acids is 1. The molecule has 0 aliphatic carbocycles. The summed E-state index contributed by atoms with van der Waals surface area (Å²) in [5, 5.41) is 2.30. The summed E-state index contributed by atoms with van der Waals surface area (Å²) in [6.07, 6.45) is 1.60. The Hall–Kier alpha value is -1.61. The Kier molecular flexibility index (Phi) is 2.56. The van der Waals surface area contributed by atoms with Crippen molar-refractivity contribution in [2.45, 2.75) is 0 Å². The molecule has 3 nitrogen and oxygen atoms in total. The third-order valence-corrected chi connectivity index (χ3v) is 2.43. The van der Waals surface area contributed by atoms with E-state index < -0.39 is 5.97 Å². The fraction of sp³-hybridized carbons (Fsp3) is 0.0909. The van der Waals surface area contributed by atoms with Crippen LogP contribution in [-0.2, 0) is 4.74 Å². The number of esters is 1. The van der Waals surface area contributed by atoms with E-state index in [2.05, 4.69) is 9.72 Å². The number of methoxy groups -OCH3 is 1. The highest BCUT2D eigenvalue weighted by Crippen LogP contribution is 2.23. The van der Waals surface area contributed by atoms with Crippen LogP contribution in [0.25, 0.3) is 10.8 Å². The first-order valence-corrected chi connectivity index (χ1v) is 4.73. The molecule has 2 rings (SSSR count). The lowest BCUT2D eigenvalue weighted by atomic mass is 10.1. The van der Waals surface area contributed by atoms with Gasteiger partial charge in [0.15, 0.2) is 0 Å². The molecule has 1 aromatic carbocycles. The smallest absolute Gasteiger partial charge is 0.356 e. The molecule has 0 amide bonds. The van der Waals surface area contributed by atoms with Crippen LogP contribution in [0.3, 0.4) is 0 Å². The summed E-state index contributed by atoms with van der Waals surface area (Å²) < 4.78 is 4.58. The van der Waals surface area contributed by atoms with E-state index in [4.69, 9.17) is 11.6 Å². The fourth-order valence-electron chi connectivity index (χ4n) is 1.35. The van der Waals surface area contributed by atoms with E-state index in [1.807, 2.05) is 12.1 Å². The van der Waals surface area contributed by atoms with Gasteiger partial charge in [-0.15, -0.1) is 0 Å². The van der Waals surface area contributed by atoms with E-state index >= 15 is 0 Å². The van der Waals surface area contributed by atoms with Crippen molar-refractivity contribution in [1.82, 2.24) is 4.98 Å². The van der Waals surface area contributed by atoms with Crippen LogP contribution in [0.5, 0.6) is 0 Å². The number of fused-ring (bicyclic) bond motifs is 1. The molecule has 0 aliphatic rings. The molecule has 0 fully saturated rings. The highest BCUT2D eigenvalue weighted by Gasteiger charge is 2.08. The van der Waals surface area contributed by atoms with E-state index in [9.17, 15) is 4.79 Å². The van der Waals surface area contributed by atoms with Crippen molar-refractivity contribution in [1.29, 1.82) is 0 Å². The quantitative estimate of drug-likeness (QED) is 0.695.